The van der Waals surface area contributed by atoms with Crippen molar-refractivity contribution >= 4 is 5.95 Å². The van der Waals surface area contributed by atoms with E-state index in [1.165, 1.54) is 12.0 Å². The SMILES string of the molecule is CC(C)c1cnc(N2CC[C@@H](C(C)C)C2)nc1. The van der Waals surface area contributed by atoms with Gasteiger partial charge in [0, 0.05) is 25.5 Å². The lowest BCUT2D eigenvalue weighted by Gasteiger charge is -2.18. The van der Waals surface area contributed by atoms with Gasteiger partial charge in [-0.1, -0.05) is 27.7 Å². The van der Waals surface area contributed by atoms with Gasteiger partial charge >= 0.3 is 0 Å². The second kappa shape index (κ2) is 5.03. The topological polar surface area (TPSA) is 29.0 Å². The second-order valence-corrected chi connectivity index (χ2v) is 5.71. The molecule has 0 radical (unpaired) electrons. The number of aromatic nitrogens is 2. The van der Waals surface area contributed by atoms with Crippen LogP contribution in [-0.2, 0) is 0 Å². The monoisotopic (exact) mass is 233 g/mol. The molecule has 0 N–H and O–H groups in total. The molecule has 3 nitrogen and oxygen atoms in total. The maximum Gasteiger partial charge on any atom is 0.225 e. The van der Waals surface area contributed by atoms with Crippen LogP contribution in [0.5, 0.6) is 0 Å². The van der Waals surface area contributed by atoms with Gasteiger partial charge in [0.2, 0.25) is 5.95 Å². The van der Waals surface area contributed by atoms with E-state index >= 15 is 0 Å². The summed E-state index contributed by atoms with van der Waals surface area (Å²) in [5.41, 5.74) is 1.22. The van der Waals surface area contributed by atoms with Gasteiger partial charge in [0.1, 0.15) is 0 Å². The molecule has 1 aliphatic heterocycles. The summed E-state index contributed by atoms with van der Waals surface area (Å²) >= 11 is 0. The molecule has 0 aliphatic carbocycles. The van der Waals surface area contributed by atoms with E-state index in [0.717, 1.165) is 30.9 Å². The molecule has 94 valence electrons. The van der Waals surface area contributed by atoms with Gasteiger partial charge in [0.05, 0.1) is 0 Å². The summed E-state index contributed by atoms with van der Waals surface area (Å²) in [6.45, 7) is 11.2. The van der Waals surface area contributed by atoms with E-state index in [2.05, 4.69) is 42.6 Å². The van der Waals surface area contributed by atoms with E-state index in [-0.39, 0.29) is 0 Å². The minimum absolute atomic E-state index is 0.506. The van der Waals surface area contributed by atoms with Gasteiger partial charge in [-0.3, -0.25) is 0 Å². The summed E-state index contributed by atoms with van der Waals surface area (Å²) in [6.07, 6.45) is 5.21. The first-order valence-corrected chi connectivity index (χ1v) is 6.64. The number of hydrogen-bond donors (Lipinski definition) is 0. The predicted molar refractivity (Wildman–Crippen MR) is 71.3 cm³/mol. The molecule has 0 amide bonds. The molecule has 1 saturated heterocycles. The zero-order valence-electron chi connectivity index (χ0n) is 11.3. The Morgan fingerprint density at radius 1 is 1.18 bits per heavy atom. The Morgan fingerprint density at radius 3 is 2.29 bits per heavy atom. The van der Waals surface area contributed by atoms with Crippen molar-refractivity contribution in [3.63, 3.8) is 0 Å². The first-order valence-electron chi connectivity index (χ1n) is 6.64. The Labute approximate surface area is 104 Å². The maximum atomic E-state index is 4.49. The molecule has 0 aromatic carbocycles. The summed E-state index contributed by atoms with van der Waals surface area (Å²) in [6, 6.07) is 0. The summed E-state index contributed by atoms with van der Waals surface area (Å²) in [5.74, 6) is 2.96. The molecule has 0 saturated carbocycles. The smallest absolute Gasteiger partial charge is 0.225 e. The Kier molecular flexibility index (Phi) is 3.65. The lowest BCUT2D eigenvalue weighted by atomic mass is 9.95. The van der Waals surface area contributed by atoms with Crippen LogP contribution >= 0.6 is 0 Å². The summed E-state index contributed by atoms with van der Waals surface area (Å²) in [7, 11) is 0. The zero-order valence-corrected chi connectivity index (χ0v) is 11.3. The van der Waals surface area contributed by atoms with Crippen LogP contribution in [0.4, 0.5) is 5.95 Å². The fraction of sp³-hybridized carbons (Fsp3) is 0.714. The largest absolute Gasteiger partial charge is 0.341 e. The van der Waals surface area contributed by atoms with Gasteiger partial charge in [-0.25, -0.2) is 9.97 Å². The maximum absolute atomic E-state index is 4.49. The molecule has 3 heteroatoms. The van der Waals surface area contributed by atoms with E-state index in [1.54, 1.807) is 0 Å². The Balaban J connectivity index is 2.04. The molecule has 0 unspecified atom stereocenters. The Morgan fingerprint density at radius 2 is 1.82 bits per heavy atom. The summed E-state index contributed by atoms with van der Waals surface area (Å²) < 4.78 is 0. The van der Waals surface area contributed by atoms with E-state index in [1.807, 2.05) is 12.4 Å². The molecule has 2 heterocycles. The highest BCUT2D eigenvalue weighted by Crippen LogP contribution is 2.26. The van der Waals surface area contributed by atoms with Crippen LogP contribution in [0.25, 0.3) is 0 Å². The quantitative estimate of drug-likeness (QED) is 0.803. The lowest BCUT2D eigenvalue weighted by Crippen LogP contribution is -2.23. The van der Waals surface area contributed by atoms with Gasteiger partial charge in [0.25, 0.3) is 0 Å². The highest BCUT2D eigenvalue weighted by molar-refractivity contribution is 5.32. The number of rotatable bonds is 3. The van der Waals surface area contributed by atoms with Crippen molar-refractivity contribution in [3.8, 4) is 0 Å². The van der Waals surface area contributed by atoms with E-state index < -0.39 is 0 Å². The molecule has 1 atom stereocenters. The van der Waals surface area contributed by atoms with Gasteiger partial charge in [-0.2, -0.15) is 0 Å². The van der Waals surface area contributed by atoms with Gasteiger partial charge in [-0.05, 0) is 29.7 Å². The van der Waals surface area contributed by atoms with Crippen LogP contribution in [-0.4, -0.2) is 23.1 Å². The van der Waals surface area contributed by atoms with Gasteiger partial charge in [-0.15, -0.1) is 0 Å². The van der Waals surface area contributed by atoms with Crippen molar-refractivity contribution in [1.29, 1.82) is 0 Å². The van der Waals surface area contributed by atoms with Gasteiger partial charge < -0.3 is 4.90 Å². The van der Waals surface area contributed by atoms with Crippen molar-refractivity contribution in [2.24, 2.45) is 11.8 Å². The first kappa shape index (κ1) is 12.3. The minimum Gasteiger partial charge on any atom is -0.341 e. The number of hydrogen-bond acceptors (Lipinski definition) is 3. The Bertz CT molecular complexity index is 356. The van der Waals surface area contributed by atoms with Crippen molar-refractivity contribution in [2.75, 3.05) is 18.0 Å². The average molecular weight is 233 g/mol. The lowest BCUT2D eigenvalue weighted by molar-refractivity contribution is 0.422. The number of nitrogens with zero attached hydrogens (tertiary/aromatic N) is 3. The third-order valence-electron chi connectivity index (χ3n) is 3.78. The van der Waals surface area contributed by atoms with Crippen LogP contribution < -0.4 is 4.90 Å². The molecule has 1 aliphatic rings. The Hall–Kier alpha value is -1.12. The van der Waals surface area contributed by atoms with E-state index in [0.29, 0.717) is 5.92 Å². The fourth-order valence-electron chi connectivity index (χ4n) is 2.31. The molecule has 17 heavy (non-hydrogen) atoms. The number of anilines is 1. The molecule has 1 fully saturated rings. The summed E-state index contributed by atoms with van der Waals surface area (Å²) in [4.78, 5) is 11.3. The summed E-state index contributed by atoms with van der Waals surface area (Å²) in [5, 5.41) is 0. The van der Waals surface area contributed by atoms with Crippen LogP contribution in [0.15, 0.2) is 12.4 Å². The highest BCUT2D eigenvalue weighted by Gasteiger charge is 2.26. The fourth-order valence-corrected chi connectivity index (χ4v) is 2.31. The molecule has 0 bridgehead atoms. The molecule has 1 aromatic rings. The first-order chi connectivity index (χ1) is 8.08. The molecular weight excluding hydrogens is 210 g/mol. The van der Waals surface area contributed by atoms with Gasteiger partial charge in [0.15, 0.2) is 0 Å². The molecular formula is C14H23N3. The third kappa shape index (κ3) is 2.76. The predicted octanol–water partition coefficient (Wildman–Crippen LogP) is 3.08. The molecule has 0 spiro atoms. The van der Waals surface area contributed by atoms with E-state index in [4.69, 9.17) is 0 Å². The average Bonchev–Trinajstić information content (AvgIpc) is 2.78. The van der Waals surface area contributed by atoms with Crippen molar-refractivity contribution in [1.82, 2.24) is 9.97 Å². The van der Waals surface area contributed by atoms with Crippen LogP contribution in [0.3, 0.4) is 0 Å². The normalized spacial score (nSPS) is 20.6. The van der Waals surface area contributed by atoms with Crippen molar-refractivity contribution < 1.29 is 0 Å². The van der Waals surface area contributed by atoms with Crippen molar-refractivity contribution in [3.05, 3.63) is 18.0 Å². The van der Waals surface area contributed by atoms with E-state index in [9.17, 15) is 0 Å². The zero-order chi connectivity index (χ0) is 12.4. The molecule has 1 aromatic heterocycles. The minimum atomic E-state index is 0.506. The van der Waals surface area contributed by atoms with Crippen LogP contribution in [0.2, 0.25) is 0 Å². The second-order valence-electron chi connectivity index (χ2n) is 5.71. The molecule has 2 rings (SSSR count). The standard InChI is InChI=1S/C14H23N3/c1-10(2)12-5-6-17(9-12)14-15-7-13(8-16-14)11(3)4/h7-8,10-12H,5-6,9H2,1-4H3/t12-/m1/s1. The highest BCUT2D eigenvalue weighted by atomic mass is 15.3. The van der Waals surface area contributed by atoms with Crippen LogP contribution in [0, 0.1) is 11.8 Å². The van der Waals surface area contributed by atoms with Crippen LogP contribution in [0.1, 0.15) is 45.6 Å². The van der Waals surface area contributed by atoms with Crippen molar-refractivity contribution in [2.45, 2.75) is 40.0 Å². The third-order valence-corrected chi connectivity index (χ3v) is 3.78.